The fourth-order valence-corrected chi connectivity index (χ4v) is 2.41. The van der Waals surface area contributed by atoms with Gasteiger partial charge in [-0.25, -0.2) is 0 Å². The minimum absolute atomic E-state index is 0.0575. The van der Waals surface area contributed by atoms with Gasteiger partial charge >= 0.3 is 0 Å². The number of nitrogens with zero attached hydrogens (tertiary/aromatic N) is 2. The standard InChI is InChI=1S/C12H20N4O/c1-8-9(7-16(2)15-8)12(17)14-11-6-4-3-5-10(11)13/h7,10-11H,3-6,13H2,1-2H3,(H,14,17). The molecule has 1 heterocycles. The van der Waals surface area contributed by atoms with Gasteiger partial charge in [-0.05, 0) is 19.8 Å². The van der Waals surface area contributed by atoms with E-state index in [1.807, 2.05) is 14.0 Å². The normalized spacial score (nSPS) is 24.6. The van der Waals surface area contributed by atoms with Gasteiger partial charge < -0.3 is 11.1 Å². The Kier molecular flexibility index (Phi) is 3.47. The predicted octanol–water partition coefficient (Wildman–Crippen LogP) is 0.728. The molecular formula is C12H20N4O. The molecule has 1 amide bonds. The van der Waals surface area contributed by atoms with Crippen LogP contribution in [0.25, 0.3) is 0 Å². The van der Waals surface area contributed by atoms with Gasteiger partial charge in [0.1, 0.15) is 0 Å². The molecule has 0 spiro atoms. The van der Waals surface area contributed by atoms with Crippen LogP contribution in [0.4, 0.5) is 0 Å². The lowest BCUT2D eigenvalue weighted by Crippen LogP contribution is -2.49. The fourth-order valence-electron chi connectivity index (χ4n) is 2.41. The molecule has 5 heteroatoms. The summed E-state index contributed by atoms with van der Waals surface area (Å²) < 4.78 is 1.66. The molecule has 1 aromatic heterocycles. The van der Waals surface area contributed by atoms with Crippen LogP contribution in [0.2, 0.25) is 0 Å². The maximum atomic E-state index is 12.1. The lowest BCUT2D eigenvalue weighted by Gasteiger charge is -2.29. The first kappa shape index (κ1) is 12.1. The van der Waals surface area contributed by atoms with Crippen molar-refractivity contribution in [3.8, 4) is 0 Å². The number of aromatic nitrogens is 2. The molecule has 0 radical (unpaired) electrons. The molecule has 0 bridgehead atoms. The zero-order valence-corrected chi connectivity index (χ0v) is 10.4. The Morgan fingerprint density at radius 1 is 1.53 bits per heavy atom. The Balaban J connectivity index is 2.03. The van der Waals surface area contributed by atoms with Crippen LogP contribution in [-0.2, 0) is 7.05 Å². The monoisotopic (exact) mass is 236 g/mol. The summed E-state index contributed by atoms with van der Waals surface area (Å²) in [5, 5.41) is 7.19. The molecule has 94 valence electrons. The smallest absolute Gasteiger partial charge is 0.255 e. The van der Waals surface area contributed by atoms with E-state index in [9.17, 15) is 4.79 Å². The van der Waals surface area contributed by atoms with Gasteiger partial charge in [-0.15, -0.1) is 0 Å². The van der Waals surface area contributed by atoms with Crippen molar-refractivity contribution < 1.29 is 4.79 Å². The Morgan fingerprint density at radius 3 is 2.82 bits per heavy atom. The van der Waals surface area contributed by atoms with Crippen LogP contribution in [-0.4, -0.2) is 27.8 Å². The van der Waals surface area contributed by atoms with Crippen LogP contribution in [0.5, 0.6) is 0 Å². The number of amides is 1. The van der Waals surface area contributed by atoms with Crippen molar-refractivity contribution in [1.82, 2.24) is 15.1 Å². The van der Waals surface area contributed by atoms with E-state index in [1.54, 1.807) is 10.9 Å². The summed E-state index contributed by atoms with van der Waals surface area (Å²) in [5.41, 5.74) is 7.42. The summed E-state index contributed by atoms with van der Waals surface area (Å²) in [6.45, 7) is 1.84. The minimum atomic E-state index is -0.0575. The summed E-state index contributed by atoms with van der Waals surface area (Å²) >= 11 is 0. The Morgan fingerprint density at radius 2 is 2.24 bits per heavy atom. The molecule has 1 aliphatic carbocycles. The molecule has 0 saturated heterocycles. The summed E-state index contributed by atoms with van der Waals surface area (Å²) in [7, 11) is 1.82. The first-order valence-corrected chi connectivity index (χ1v) is 6.14. The number of hydrogen-bond acceptors (Lipinski definition) is 3. The van der Waals surface area contributed by atoms with E-state index in [0.717, 1.165) is 25.0 Å². The lowest BCUT2D eigenvalue weighted by atomic mass is 9.91. The van der Waals surface area contributed by atoms with E-state index in [1.165, 1.54) is 6.42 Å². The maximum absolute atomic E-state index is 12.1. The quantitative estimate of drug-likeness (QED) is 0.795. The van der Waals surface area contributed by atoms with Gasteiger partial charge in [-0.3, -0.25) is 9.48 Å². The number of rotatable bonds is 2. The summed E-state index contributed by atoms with van der Waals surface area (Å²) in [6.07, 6.45) is 6.03. The van der Waals surface area contributed by atoms with E-state index in [-0.39, 0.29) is 18.0 Å². The predicted molar refractivity (Wildman–Crippen MR) is 65.6 cm³/mol. The third kappa shape index (κ3) is 2.66. The fraction of sp³-hybridized carbons (Fsp3) is 0.667. The van der Waals surface area contributed by atoms with Crippen molar-refractivity contribution >= 4 is 5.91 Å². The van der Waals surface area contributed by atoms with Gasteiger partial charge in [0.2, 0.25) is 0 Å². The second-order valence-corrected chi connectivity index (χ2v) is 4.83. The third-order valence-corrected chi connectivity index (χ3v) is 3.39. The highest BCUT2D eigenvalue weighted by molar-refractivity contribution is 5.95. The highest BCUT2D eigenvalue weighted by Gasteiger charge is 2.24. The van der Waals surface area contributed by atoms with E-state index >= 15 is 0 Å². The highest BCUT2D eigenvalue weighted by Crippen LogP contribution is 2.17. The van der Waals surface area contributed by atoms with E-state index < -0.39 is 0 Å². The molecule has 1 saturated carbocycles. The van der Waals surface area contributed by atoms with E-state index in [4.69, 9.17) is 5.73 Å². The number of carbonyl (C=O) groups is 1. The lowest BCUT2D eigenvalue weighted by molar-refractivity contribution is 0.0920. The van der Waals surface area contributed by atoms with Crippen molar-refractivity contribution in [2.75, 3.05) is 0 Å². The maximum Gasteiger partial charge on any atom is 0.255 e. The molecule has 5 nitrogen and oxygen atoms in total. The summed E-state index contributed by atoms with van der Waals surface area (Å²) in [5.74, 6) is -0.0575. The van der Waals surface area contributed by atoms with Gasteiger partial charge in [0.15, 0.2) is 0 Å². The first-order valence-electron chi connectivity index (χ1n) is 6.14. The zero-order chi connectivity index (χ0) is 12.4. The van der Waals surface area contributed by atoms with Crippen LogP contribution < -0.4 is 11.1 Å². The van der Waals surface area contributed by atoms with Crippen LogP contribution in [0.1, 0.15) is 41.7 Å². The molecule has 3 N–H and O–H groups in total. The largest absolute Gasteiger partial charge is 0.348 e. The van der Waals surface area contributed by atoms with Gasteiger partial charge in [0.05, 0.1) is 11.3 Å². The minimum Gasteiger partial charge on any atom is -0.348 e. The van der Waals surface area contributed by atoms with Crippen molar-refractivity contribution in [2.24, 2.45) is 12.8 Å². The molecule has 1 aromatic rings. The van der Waals surface area contributed by atoms with Crippen LogP contribution >= 0.6 is 0 Å². The van der Waals surface area contributed by atoms with Gasteiger partial charge in [-0.2, -0.15) is 5.10 Å². The number of aryl methyl sites for hydroxylation is 2. The molecule has 1 aliphatic rings. The molecule has 0 aromatic carbocycles. The van der Waals surface area contributed by atoms with E-state index in [0.29, 0.717) is 5.56 Å². The number of carbonyl (C=O) groups excluding carboxylic acids is 1. The second-order valence-electron chi connectivity index (χ2n) is 4.83. The van der Waals surface area contributed by atoms with Crippen LogP contribution in [0, 0.1) is 6.92 Å². The topological polar surface area (TPSA) is 72.9 Å². The summed E-state index contributed by atoms with van der Waals surface area (Å²) in [6, 6.07) is 0.195. The Hall–Kier alpha value is -1.36. The summed E-state index contributed by atoms with van der Waals surface area (Å²) in [4.78, 5) is 12.1. The SMILES string of the molecule is Cc1nn(C)cc1C(=O)NC1CCCCC1N. The molecule has 0 aliphatic heterocycles. The van der Waals surface area contributed by atoms with Crippen LogP contribution in [0.3, 0.4) is 0 Å². The third-order valence-electron chi connectivity index (χ3n) is 3.39. The number of nitrogens with two attached hydrogens (primary N) is 1. The molecule has 2 atom stereocenters. The second kappa shape index (κ2) is 4.87. The molecule has 1 fully saturated rings. The van der Waals surface area contributed by atoms with Gasteiger partial charge in [-0.1, -0.05) is 12.8 Å². The number of nitrogens with one attached hydrogen (secondary N) is 1. The van der Waals surface area contributed by atoms with Crippen molar-refractivity contribution in [2.45, 2.75) is 44.7 Å². The van der Waals surface area contributed by atoms with Crippen molar-refractivity contribution in [3.05, 3.63) is 17.5 Å². The Bertz CT molecular complexity index is 413. The molecule has 2 rings (SSSR count). The van der Waals surface area contributed by atoms with Crippen molar-refractivity contribution in [1.29, 1.82) is 0 Å². The van der Waals surface area contributed by atoms with E-state index in [2.05, 4.69) is 10.4 Å². The van der Waals surface area contributed by atoms with Gasteiger partial charge in [0, 0.05) is 25.3 Å². The van der Waals surface area contributed by atoms with Gasteiger partial charge in [0.25, 0.3) is 5.91 Å². The van der Waals surface area contributed by atoms with Crippen molar-refractivity contribution in [3.63, 3.8) is 0 Å². The zero-order valence-electron chi connectivity index (χ0n) is 10.4. The number of hydrogen-bond donors (Lipinski definition) is 2. The average Bonchev–Trinajstić information content (AvgIpc) is 2.61. The first-order chi connectivity index (χ1) is 8.08. The Labute approximate surface area is 101 Å². The average molecular weight is 236 g/mol. The molecule has 17 heavy (non-hydrogen) atoms. The highest BCUT2D eigenvalue weighted by atomic mass is 16.1. The molecule has 2 unspecified atom stereocenters. The molecular weight excluding hydrogens is 216 g/mol. The van der Waals surface area contributed by atoms with Crippen LogP contribution in [0.15, 0.2) is 6.20 Å².